The van der Waals surface area contributed by atoms with Crippen molar-refractivity contribution in [1.82, 2.24) is 5.32 Å². The van der Waals surface area contributed by atoms with Crippen LogP contribution in [0.5, 0.6) is 0 Å². The van der Waals surface area contributed by atoms with Crippen LogP contribution in [0.3, 0.4) is 0 Å². The summed E-state index contributed by atoms with van der Waals surface area (Å²) in [5.74, 6) is 3.74. The maximum Gasteiger partial charge on any atom is -0.00177 e. The van der Waals surface area contributed by atoms with E-state index >= 15 is 0 Å². The van der Waals surface area contributed by atoms with Gasteiger partial charge in [-0.2, -0.15) is 0 Å². The Kier molecular flexibility index (Phi) is 5.66. The van der Waals surface area contributed by atoms with E-state index < -0.39 is 0 Å². The van der Waals surface area contributed by atoms with Crippen molar-refractivity contribution in [3.05, 3.63) is 0 Å². The molecule has 1 heteroatoms. The molecule has 0 aliphatic heterocycles. The summed E-state index contributed by atoms with van der Waals surface area (Å²) in [6, 6.07) is 0. The summed E-state index contributed by atoms with van der Waals surface area (Å²) >= 11 is 0. The monoisotopic (exact) mass is 211 g/mol. The normalized spacial score (nSPS) is 27.8. The van der Waals surface area contributed by atoms with Gasteiger partial charge in [0.1, 0.15) is 0 Å². The van der Waals surface area contributed by atoms with E-state index in [2.05, 4.69) is 33.0 Å². The molecule has 1 nitrogen and oxygen atoms in total. The van der Waals surface area contributed by atoms with Gasteiger partial charge in [0, 0.05) is 0 Å². The average molecular weight is 211 g/mol. The molecule has 1 aliphatic rings. The summed E-state index contributed by atoms with van der Waals surface area (Å²) in [4.78, 5) is 0. The van der Waals surface area contributed by atoms with Gasteiger partial charge < -0.3 is 5.32 Å². The summed E-state index contributed by atoms with van der Waals surface area (Å²) in [6.07, 6.45) is 5.72. The Balaban J connectivity index is 2.14. The molecule has 1 rings (SSSR count). The second-order valence-electron chi connectivity index (χ2n) is 5.82. The highest BCUT2D eigenvalue weighted by atomic mass is 14.9. The summed E-state index contributed by atoms with van der Waals surface area (Å²) in [5, 5.41) is 3.61. The molecule has 0 heterocycles. The van der Waals surface area contributed by atoms with E-state index in [0.717, 1.165) is 23.7 Å². The van der Waals surface area contributed by atoms with Crippen LogP contribution in [0.4, 0.5) is 0 Å². The molecule has 0 spiro atoms. The third-order valence-corrected chi connectivity index (χ3v) is 3.91. The van der Waals surface area contributed by atoms with Gasteiger partial charge in [-0.25, -0.2) is 0 Å². The van der Waals surface area contributed by atoms with E-state index in [4.69, 9.17) is 0 Å². The fourth-order valence-corrected chi connectivity index (χ4v) is 2.82. The first-order valence-electron chi connectivity index (χ1n) is 6.85. The van der Waals surface area contributed by atoms with Crippen LogP contribution >= 0.6 is 0 Å². The van der Waals surface area contributed by atoms with E-state index in [0.29, 0.717) is 0 Å². The van der Waals surface area contributed by atoms with Gasteiger partial charge >= 0.3 is 0 Å². The average Bonchev–Trinajstić information content (AvgIpc) is 2.10. The zero-order valence-corrected chi connectivity index (χ0v) is 11.1. The lowest BCUT2D eigenvalue weighted by Gasteiger charge is -2.41. The molecule has 1 N–H and O–H groups in total. The number of nitrogens with one attached hydrogen (secondary N) is 1. The van der Waals surface area contributed by atoms with Crippen LogP contribution in [0.2, 0.25) is 0 Å². The smallest absolute Gasteiger partial charge is 0.00177 e. The van der Waals surface area contributed by atoms with Gasteiger partial charge in [0.2, 0.25) is 0 Å². The van der Waals surface area contributed by atoms with Gasteiger partial charge in [0.05, 0.1) is 0 Å². The quantitative estimate of drug-likeness (QED) is 0.677. The molecule has 0 aromatic rings. The standard InChI is InChI=1S/C14H29N/c1-5-6-12(4)14-8-7-13(14)10-15-9-11(2)3/h11-15H,5-10H2,1-4H3. The second-order valence-corrected chi connectivity index (χ2v) is 5.82. The lowest BCUT2D eigenvalue weighted by atomic mass is 9.66. The molecular formula is C14H29N. The highest BCUT2D eigenvalue weighted by Crippen LogP contribution is 2.40. The first-order valence-corrected chi connectivity index (χ1v) is 6.85. The van der Waals surface area contributed by atoms with Crippen molar-refractivity contribution < 1.29 is 0 Å². The maximum absolute atomic E-state index is 3.61. The summed E-state index contributed by atoms with van der Waals surface area (Å²) in [6.45, 7) is 11.8. The Labute approximate surface area is 96.0 Å². The molecule has 3 atom stereocenters. The highest BCUT2D eigenvalue weighted by Gasteiger charge is 2.33. The molecule has 1 fully saturated rings. The SMILES string of the molecule is CCCC(C)C1CCC1CNCC(C)C. The Morgan fingerprint density at radius 1 is 1.20 bits per heavy atom. The third kappa shape index (κ3) is 4.14. The van der Waals surface area contributed by atoms with Crippen LogP contribution in [0.25, 0.3) is 0 Å². The molecule has 1 saturated carbocycles. The predicted octanol–water partition coefficient (Wildman–Crippen LogP) is 3.69. The summed E-state index contributed by atoms with van der Waals surface area (Å²) < 4.78 is 0. The molecule has 90 valence electrons. The fourth-order valence-electron chi connectivity index (χ4n) is 2.82. The van der Waals surface area contributed by atoms with Crippen molar-refractivity contribution in [2.24, 2.45) is 23.7 Å². The molecule has 3 unspecified atom stereocenters. The van der Waals surface area contributed by atoms with E-state index in [9.17, 15) is 0 Å². The molecule has 0 saturated heterocycles. The summed E-state index contributed by atoms with van der Waals surface area (Å²) in [7, 11) is 0. The minimum absolute atomic E-state index is 0.789. The topological polar surface area (TPSA) is 12.0 Å². The predicted molar refractivity (Wildman–Crippen MR) is 68.0 cm³/mol. The van der Waals surface area contributed by atoms with Crippen LogP contribution in [0.1, 0.15) is 53.4 Å². The highest BCUT2D eigenvalue weighted by molar-refractivity contribution is 4.85. The Morgan fingerprint density at radius 2 is 1.93 bits per heavy atom. The molecular weight excluding hydrogens is 182 g/mol. The van der Waals surface area contributed by atoms with Crippen molar-refractivity contribution >= 4 is 0 Å². The van der Waals surface area contributed by atoms with Crippen molar-refractivity contribution in [1.29, 1.82) is 0 Å². The number of rotatable bonds is 7. The Morgan fingerprint density at radius 3 is 2.40 bits per heavy atom. The Bertz CT molecular complexity index is 165. The first-order chi connectivity index (χ1) is 7.15. The Hall–Kier alpha value is -0.0400. The van der Waals surface area contributed by atoms with E-state index in [1.54, 1.807) is 0 Å². The zero-order chi connectivity index (χ0) is 11.3. The van der Waals surface area contributed by atoms with E-state index in [1.807, 2.05) is 0 Å². The van der Waals surface area contributed by atoms with E-state index in [1.165, 1.54) is 38.8 Å². The van der Waals surface area contributed by atoms with Gasteiger partial charge in [-0.3, -0.25) is 0 Å². The van der Waals surface area contributed by atoms with E-state index in [-0.39, 0.29) is 0 Å². The number of hydrogen-bond donors (Lipinski definition) is 1. The first kappa shape index (κ1) is 13.0. The van der Waals surface area contributed by atoms with Crippen molar-refractivity contribution in [3.63, 3.8) is 0 Å². The molecule has 0 aromatic carbocycles. The summed E-state index contributed by atoms with van der Waals surface area (Å²) in [5.41, 5.74) is 0. The zero-order valence-electron chi connectivity index (χ0n) is 11.1. The molecule has 1 aliphatic carbocycles. The van der Waals surface area contributed by atoms with Crippen molar-refractivity contribution in [3.8, 4) is 0 Å². The molecule has 0 amide bonds. The van der Waals surface area contributed by atoms with Gasteiger partial charge in [-0.1, -0.05) is 40.5 Å². The van der Waals surface area contributed by atoms with Crippen LogP contribution in [-0.2, 0) is 0 Å². The van der Waals surface area contributed by atoms with Crippen molar-refractivity contribution in [2.45, 2.75) is 53.4 Å². The molecule has 0 radical (unpaired) electrons. The lowest BCUT2D eigenvalue weighted by Crippen LogP contribution is -2.39. The van der Waals surface area contributed by atoms with Gasteiger partial charge in [0.25, 0.3) is 0 Å². The number of hydrogen-bond acceptors (Lipinski definition) is 1. The maximum atomic E-state index is 3.61. The minimum atomic E-state index is 0.789. The van der Waals surface area contributed by atoms with Crippen LogP contribution < -0.4 is 5.32 Å². The van der Waals surface area contributed by atoms with Gasteiger partial charge in [-0.15, -0.1) is 0 Å². The molecule has 15 heavy (non-hydrogen) atoms. The van der Waals surface area contributed by atoms with Crippen LogP contribution in [0, 0.1) is 23.7 Å². The molecule has 0 bridgehead atoms. The lowest BCUT2D eigenvalue weighted by molar-refractivity contribution is 0.105. The second kappa shape index (κ2) is 6.52. The van der Waals surface area contributed by atoms with Crippen LogP contribution in [-0.4, -0.2) is 13.1 Å². The largest absolute Gasteiger partial charge is 0.316 e. The van der Waals surface area contributed by atoms with Crippen molar-refractivity contribution in [2.75, 3.05) is 13.1 Å². The van der Waals surface area contributed by atoms with Crippen LogP contribution in [0.15, 0.2) is 0 Å². The van der Waals surface area contributed by atoms with Gasteiger partial charge in [0.15, 0.2) is 0 Å². The third-order valence-electron chi connectivity index (χ3n) is 3.91. The fraction of sp³-hybridized carbons (Fsp3) is 1.00. The molecule has 0 aromatic heterocycles. The minimum Gasteiger partial charge on any atom is -0.316 e. The van der Waals surface area contributed by atoms with Gasteiger partial charge in [-0.05, 0) is 49.6 Å².